The average Bonchev–Trinajstić information content (AvgIpc) is 3.08. The molecule has 0 atom stereocenters. The molecule has 3 aromatic rings. The van der Waals surface area contributed by atoms with Crippen molar-refractivity contribution in [1.82, 2.24) is 14.8 Å². The second-order valence-electron chi connectivity index (χ2n) is 5.32. The number of ether oxygens (including phenoxy) is 2. The molecule has 3 rings (SSSR count). The van der Waals surface area contributed by atoms with Crippen molar-refractivity contribution in [1.29, 1.82) is 0 Å². The number of hydrogen-bond donors (Lipinski definition) is 1. The third-order valence-corrected chi connectivity index (χ3v) is 4.07. The van der Waals surface area contributed by atoms with Crippen LogP contribution in [0.2, 0.25) is 5.15 Å². The Hall–Kier alpha value is -3.06. The molecule has 134 valence electrons. The van der Waals surface area contributed by atoms with Gasteiger partial charge in [-0.15, -0.1) is 0 Å². The van der Waals surface area contributed by atoms with E-state index < -0.39 is 0 Å². The minimum Gasteiger partial charge on any atom is -0.493 e. The van der Waals surface area contributed by atoms with Crippen molar-refractivity contribution >= 4 is 23.3 Å². The SMILES string of the molecule is COc1cccc(Cn2nccc2NC(=O)c2cccnc2Cl)c1OC. The van der Waals surface area contributed by atoms with Crippen LogP contribution in [0.15, 0.2) is 48.8 Å². The van der Waals surface area contributed by atoms with Crippen LogP contribution in [0.4, 0.5) is 5.82 Å². The molecular weight excluding hydrogens is 356 g/mol. The van der Waals surface area contributed by atoms with E-state index in [0.29, 0.717) is 29.4 Å². The first kappa shape index (κ1) is 17.8. The normalized spacial score (nSPS) is 10.4. The fraction of sp³-hybridized carbons (Fsp3) is 0.167. The molecule has 1 amide bonds. The highest BCUT2D eigenvalue weighted by Crippen LogP contribution is 2.31. The van der Waals surface area contributed by atoms with Gasteiger partial charge in [-0.05, 0) is 18.2 Å². The lowest BCUT2D eigenvalue weighted by atomic mass is 10.2. The van der Waals surface area contributed by atoms with Gasteiger partial charge in [-0.1, -0.05) is 23.7 Å². The number of rotatable bonds is 6. The van der Waals surface area contributed by atoms with Gasteiger partial charge >= 0.3 is 0 Å². The Labute approximate surface area is 155 Å². The maximum Gasteiger partial charge on any atom is 0.259 e. The Morgan fingerprint density at radius 2 is 2.00 bits per heavy atom. The number of nitrogens with one attached hydrogen (secondary N) is 1. The molecule has 0 radical (unpaired) electrons. The number of carbonyl (C=O) groups excluding carboxylic acids is 1. The fourth-order valence-electron chi connectivity index (χ4n) is 2.54. The van der Waals surface area contributed by atoms with Crippen molar-refractivity contribution in [2.75, 3.05) is 19.5 Å². The Bertz CT molecular complexity index is 926. The third kappa shape index (κ3) is 3.62. The summed E-state index contributed by atoms with van der Waals surface area (Å²) in [7, 11) is 3.16. The molecule has 26 heavy (non-hydrogen) atoms. The van der Waals surface area contributed by atoms with Gasteiger partial charge in [-0.25, -0.2) is 9.67 Å². The van der Waals surface area contributed by atoms with Crippen LogP contribution in [0.25, 0.3) is 0 Å². The first-order chi connectivity index (χ1) is 12.6. The minimum atomic E-state index is -0.359. The smallest absolute Gasteiger partial charge is 0.259 e. The highest BCUT2D eigenvalue weighted by atomic mass is 35.5. The lowest BCUT2D eigenvalue weighted by Gasteiger charge is -2.14. The first-order valence-corrected chi connectivity index (χ1v) is 8.15. The van der Waals surface area contributed by atoms with Crippen LogP contribution >= 0.6 is 11.6 Å². The van der Waals surface area contributed by atoms with Crippen LogP contribution in [-0.2, 0) is 6.54 Å². The van der Waals surface area contributed by atoms with E-state index in [2.05, 4.69) is 15.4 Å². The zero-order chi connectivity index (χ0) is 18.5. The second kappa shape index (κ2) is 7.88. The van der Waals surface area contributed by atoms with Crippen LogP contribution in [0.1, 0.15) is 15.9 Å². The van der Waals surface area contributed by atoms with Crippen molar-refractivity contribution in [3.05, 3.63) is 65.1 Å². The Kier molecular flexibility index (Phi) is 5.38. The topological polar surface area (TPSA) is 78.3 Å². The highest BCUT2D eigenvalue weighted by Gasteiger charge is 2.15. The average molecular weight is 373 g/mol. The van der Waals surface area contributed by atoms with Crippen LogP contribution in [0, 0.1) is 0 Å². The van der Waals surface area contributed by atoms with Crippen molar-refractivity contribution in [2.45, 2.75) is 6.54 Å². The number of para-hydroxylation sites is 1. The summed E-state index contributed by atoms with van der Waals surface area (Å²) in [6.45, 7) is 0.393. The van der Waals surface area contributed by atoms with Gasteiger partial charge in [0, 0.05) is 17.8 Å². The molecule has 0 fully saturated rings. The van der Waals surface area contributed by atoms with Gasteiger partial charge in [-0.2, -0.15) is 5.10 Å². The van der Waals surface area contributed by atoms with Gasteiger partial charge in [0.1, 0.15) is 11.0 Å². The Morgan fingerprint density at radius 3 is 2.73 bits per heavy atom. The molecular formula is C18H17ClN4O3. The lowest BCUT2D eigenvalue weighted by Crippen LogP contribution is -2.17. The van der Waals surface area contributed by atoms with Gasteiger partial charge in [0.2, 0.25) is 0 Å². The summed E-state index contributed by atoms with van der Waals surface area (Å²) < 4.78 is 12.4. The summed E-state index contributed by atoms with van der Waals surface area (Å²) in [6, 6.07) is 10.6. The summed E-state index contributed by atoms with van der Waals surface area (Å²) in [5, 5.41) is 7.21. The number of nitrogens with zero attached hydrogens (tertiary/aromatic N) is 3. The van der Waals surface area contributed by atoms with E-state index in [1.165, 1.54) is 6.20 Å². The molecule has 0 aliphatic carbocycles. The predicted molar refractivity (Wildman–Crippen MR) is 98.1 cm³/mol. The number of carbonyl (C=O) groups is 1. The van der Waals surface area contributed by atoms with Crippen molar-refractivity contribution in [2.24, 2.45) is 0 Å². The van der Waals surface area contributed by atoms with Gasteiger partial charge in [0.25, 0.3) is 5.91 Å². The number of aromatic nitrogens is 3. The molecule has 7 nitrogen and oxygen atoms in total. The summed E-state index contributed by atoms with van der Waals surface area (Å²) in [5.74, 6) is 1.42. The standard InChI is InChI=1S/C18H17ClN4O3/c1-25-14-7-3-5-12(16(14)26-2)11-23-15(8-10-21-23)22-18(24)13-6-4-9-20-17(13)19/h3-10H,11H2,1-2H3,(H,22,24). The molecule has 1 aromatic carbocycles. The van der Waals surface area contributed by atoms with Gasteiger partial charge in [0.05, 0.1) is 32.5 Å². The number of hydrogen-bond acceptors (Lipinski definition) is 5. The second-order valence-corrected chi connectivity index (χ2v) is 5.68. The predicted octanol–water partition coefficient (Wildman–Crippen LogP) is 3.25. The zero-order valence-electron chi connectivity index (χ0n) is 14.3. The summed E-state index contributed by atoms with van der Waals surface area (Å²) in [5.41, 5.74) is 1.16. The monoisotopic (exact) mass is 372 g/mol. The van der Waals surface area contributed by atoms with Crippen LogP contribution in [0.3, 0.4) is 0 Å². The number of methoxy groups -OCH3 is 2. The molecule has 0 saturated heterocycles. The van der Waals surface area contributed by atoms with E-state index in [-0.39, 0.29) is 11.1 Å². The Balaban J connectivity index is 1.84. The first-order valence-electron chi connectivity index (χ1n) is 7.77. The summed E-state index contributed by atoms with van der Waals surface area (Å²) >= 11 is 5.98. The van der Waals surface area contributed by atoms with E-state index >= 15 is 0 Å². The number of amides is 1. The molecule has 0 unspecified atom stereocenters. The fourth-order valence-corrected chi connectivity index (χ4v) is 2.75. The summed E-state index contributed by atoms with van der Waals surface area (Å²) in [4.78, 5) is 16.4. The van der Waals surface area contributed by atoms with Crippen molar-refractivity contribution in [3.8, 4) is 11.5 Å². The molecule has 0 saturated carbocycles. The Morgan fingerprint density at radius 1 is 1.15 bits per heavy atom. The van der Waals surface area contributed by atoms with E-state index in [0.717, 1.165) is 5.56 Å². The van der Waals surface area contributed by atoms with Crippen LogP contribution in [-0.4, -0.2) is 34.9 Å². The number of benzene rings is 1. The van der Waals surface area contributed by atoms with Crippen LogP contribution in [0.5, 0.6) is 11.5 Å². The maximum absolute atomic E-state index is 12.4. The van der Waals surface area contributed by atoms with Crippen molar-refractivity contribution < 1.29 is 14.3 Å². The molecule has 0 bridgehead atoms. The number of anilines is 1. The summed E-state index contributed by atoms with van der Waals surface area (Å²) in [6.07, 6.45) is 3.13. The molecule has 1 N–H and O–H groups in total. The lowest BCUT2D eigenvalue weighted by molar-refractivity contribution is 0.102. The van der Waals surface area contributed by atoms with E-state index in [9.17, 15) is 4.79 Å². The molecule has 0 aliphatic heterocycles. The molecule has 2 heterocycles. The largest absolute Gasteiger partial charge is 0.493 e. The zero-order valence-corrected chi connectivity index (χ0v) is 15.0. The number of halogens is 1. The van der Waals surface area contributed by atoms with Gasteiger partial charge in [-0.3, -0.25) is 4.79 Å². The molecule has 0 spiro atoms. The molecule has 0 aliphatic rings. The van der Waals surface area contributed by atoms with E-state index in [4.69, 9.17) is 21.1 Å². The van der Waals surface area contributed by atoms with E-state index in [1.807, 2.05) is 18.2 Å². The quantitative estimate of drug-likeness (QED) is 0.672. The maximum atomic E-state index is 12.4. The van der Waals surface area contributed by atoms with Gasteiger partial charge in [0.15, 0.2) is 11.5 Å². The molecule has 2 aromatic heterocycles. The third-order valence-electron chi connectivity index (χ3n) is 3.77. The molecule has 8 heteroatoms. The van der Waals surface area contributed by atoms with Crippen molar-refractivity contribution in [3.63, 3.8) is 0 Å². The van der Waals surface area contributed by atoms with E-state index in [1.54, 1.807) is 43.3 Å². The number of pyridine rings is 1. The highest BCUT2D eigenvalue weighted by molar-refractivity contribution is 6.33. The van der Waals surface area contributed by atoms with Crippen LogP contribution < -0.4 is 14.8 Å². The minimum absolute atomic E-state index is 0.144. The van der Waals surface area contributed by atoms with Gasteiger partial charge < -0.3 is 14.8 Å².